The van der Waals surface area contributed by atoms with Crippen molar-refractivity contribution in [2.45, 2.75) is 13.3 Å². The first-order valence-electron chi connectivity index (χ1n) is 8.00. The Morgan fingerprint density at radius 2 is 2.00 bits per heavy atom. The second-order valence-electron chi connectivity index (χ2n) is 5.37. The molecule has 8 heteroatoms. The molecule has 26 heavy (non-hydrogen) atoms. The standard InChI is InChI=1S/C18H20N4O4/c1-3-14-5-4-13(10-17(14)22(24)25)11-20-21-18(23)12-19-15-6-8-16(26-2)9-7-15/h4-11,19H,3,12H2,1-2H3,(H,21,23)/b20-11-. The maximum Gasteiger partial charge on any atom is 0.273 e. The minimum absolute atomic E-state index is 0.0403. The summed E-state index contributed by atoms with van der Waals surface area (Å²) in [5.41, 5.74) is 4.39. The maximum absolute atomic E-state index is 11.8. The summed E-state index contributed by atoms with van der Waals surface area (Å²) in [5, 5.41) is 17.8. The number of hydrazone groups is 1. The van der Waals surface area contributed by atoms with E-state index in [9.17, 15) is 14.9 Å². The third kappa shape index (κ3) is 5.30. The van der Waals surface area contributed by atoms with Gasteiger partial charge in [-0.05, 0) is 30.7 Å². The van der Waals surface area contributed by atoms with E-state index in [1.165, 1.54) is 12.3 Å². The van der Waals surface area contributed by atoms with Gasteiger partial charge in [-0.25, -0.2) is 5.43 Å². The average Bonchev–Trinajstić information content (AvgIpc) is 2.66. The molecule has 0 aliphatic carbocycles. The van der Waals surface area contributed by atoms with Crippen LogP contribution in [0.2, 0.25) is 0 Å². The van der Waals surface area contributed by atoms with E-state index in [4.69, 9.17) is 4.74 Å². The van der Waals surface area contributed by atoms with Gasteiger partial charge in [0.25, 0.3) is 11.6 Å². The molecule has 0 saturated carbocycles. The summed E-state index contributed by atoms with van der Waals surface area (Å²) in [6, 6.07) is 12.0. The quantitative estimate of drug-likeness (QED) is 0.430. The van der Waals surface area contributed by atoms with E-state index in [1.807, 2.05) is 6.92 Å². The lowest BCUT2D eigenvalue weighted by Gasteiger charge is -2.06. The molecule has 136 valence electrons. The molecule has 0 saturated heterocycles. The minimum atomic E-state index is -0.423. The smallest absolute Gasteiger partial charge is 0.273 e. The van der Waals surface area contributed by atoms with Gasteiger partial charge in [0.15, 0.2) is 0 Å². The van der Waals surface area contributed by atoms with Crippen LogP contribution in [0.4, 0.5) is 11.4 Å². The number of anilines is 1. The number of nitrogens with one attached hydrogen (secondary N) is 2. The Labute approximate surface area is 151 Å². The number of hydrogen-bond donors (Lipinski definition) is 2. The molecule has 0 radical (unpaired) electrons. The first kappa shape index (κ1) is 18.9. The molecule has 0 bridgehead atoms. The topological polar surface area (TPSA) is 106 Å². The Kier molecular flexibility index (Phi) is 6.67. The number of rotatable bonds is 8. The maximum atomic E-state index is 11.8. The Morgan fingerprint density at radius 1 is 1.27 bits per heavy atom. The van der Waals surface area contributed by atoms with E-state index in [1.54, 1.807) is 43.5 Å². The molecule has 1 amide bonds. The molecule has 2 rings (SSSR count). The number of ether oxygens (including phenoxy) is 1. The Balaban J connectivity index is 1.88. The van der Waals surface area contributed by atoms with Crippen LogP contribution in [0.3, 0.4) is 0 Å². The number of methoxy groups -OCH3 is 1. The summed E-state index contributed by atoms with van der Waals surface area (Å²) in [7, 11) is 1.58. The van der Waals surface area contributed by atoms with Crippen LogP contribution in [0.1, 0.15) is 18.1 Å². The fourth-order valence-electron chi connectivity index (χ4n) is 2.24. The van der Waals surface area contributed by atoms with Crippen LogP contribution in [-0.2, 0) is 11.2 Å². The molecule has 0 aliphatic heterocycles. The summed E-state index contributed by atoms with van der Waals surface area (Å²) in [5.74, 6) is 0.393. The zero-order chi connectivity index (χ0) is 18.9. The third-order valence-electron chi connectivity index (χ3n) is 3.63. The number of nitro groups is 1. The van der Waals surface area contributed by atoms with Crippen molar-refractivity contribution in [3.8, 4) is 5.75 Å². The first-order valence-corrected chi connectivity index (χ1v) is 8.00. The van der Waals surface area contributed by atoms with Crippen LogP contribution in [0.25, 0.3) is 0 Å². The predicted molar refractivity (Wildman–Crippen MR) is 99.7 cm³/mol. The van der Waals surface area contributed by atoms with Crippen molar-refractivity contribution in [1.29, 1.82) is 0 Å². The Morgan fingerprint density at radius 3 is 2.62 bits per heavy atom. The largest absolute Gasteiger partial charge is 0.497 e. The van der Waals surface area contributed by atoms with Gasteiger partial charge < -0.3 is 10.1 Å². The van der Waals surface area contributed by atoms with E-state index in [-0.39, 0.29) is 18.1 Å². The van der Waals surface area contributed by atoms with Crippen molar-refractivity contribution in [2.24, 2.45) is 5.10 Å². The predicted octanol–water partition coefficient (Wildman–Crippen LogP) is 2.73. The molecular weight excluding hydrogens is 336 g/mol. The van der Waals surface area contributed by atoms with Crippen LogP contribution < -0.4 is 15.5 Å². The second kappa shape index (κ2) is 9.16. The summed E-state index contributed by atoms with van der Waals surface area (Å²) >= 11 is 0. The van der Waals surface area contributed by atoms with E-state index in [0.29, 0.717) is 17.5 Å². The van der Waals surface area contributed by atoms with Crippen LogP contribution in [0, 0.1) is 10.1 Å². The highest BCUT2D eigenvalue weighted by Gasteiger charge is 2.12. The van der Waals surface area contributed by atoms with Gasteiger partial charge in [0.2, 0.25) is 0 Å². The van der Waals surface area contributed by atoms with Gasteiger partial charge >= 0.3 is 0 Å². The zero-order valence-corrected chi connectivity index (χ0v) is 14.6. The van der Waals surface area contributed by atoms with Gasteiger partial charge in [0.1, 0.15) is 5.75 Å². The van der Waals surface area contributed by atoms with Crippen molar-refractivity contribution >= 4 is 23.5 Å². The fraction of sp³-hybridized carbons (Fsp3) is 0.222. The summed E-state index contributed by atoms with van der Waals surface area (Å²) in [6.45, 7) is 1.89. The molecule has 8 nitrogen and oxygen atoms in total. The summed E-state index contributed by atoms with van der Waals surface area (Å²) in [6.07, 6.45) is 1.94. The van der Waals surface area contributed by atoms with Crippen molar-refractivity contribution < 1.29 is 14.5 Å². The van der Waals surface area contributed by atoms with E-state index < -0.39 is 4.92 Å². The highest BCUT2D eigenvalue weighted by molar-refractivity contribution is 5.85. The average molecular weight is 356 g/mol. The minimum Gasteiger partial charge on any atom is -0.497 e. The molecule has 0 aromatic heterocycles. The molecule has 0 spiro atoms. The number of nitrogens with zero attached hydrogens (tertiary/aromatic N) is 2. The van der Waals surface area contributed by atoms with E-state index in [2.05, 4.69) is 15.8 Å². The van der Waals surface area contributed by atoms with Crippen LogP contribution in [0.15, 0.2) is 47.6 Å². The number of amides is 1. The van der Waals surface area contributed by atoms with Gasteiger partial charge in [-0.3, -0.25) is 14.9 Å². The molecule has 0 aliphatic rings. The second-order valence-corrected chi connectivity index (χ2v) is 5.37. The first-order chi connectivity index (χ1) is 12.5. The lowest BCUT2D eigenvalue weighted by molar-refractivity contribution is -0.385. The number of hydrogen-bond acceptors (Lipinski definition) is 6. The third-order valence-corrected chi connectivity index (χ3v) is 3.63. The number of carbonyl (C=O) groups is 1. The van der Waals surface area contributed by atoms with Gasteiger partial charge in [-0.15, -0.1) is 0 Å². The van der Waals surface area contributed by atoms with Crippen molar-refractivity contribution in [2.75, 3.05) is 19.0 Å². The normalized spacial score (nSPS) is 10.5. The molecule has 2 aromatic rings. The van der Waals surface area contributed by atoms with Crippen LogP contribution >= 0.6 is 0 Å². The molecule has 2 aromatic carbocycles. The zero-order valence-electron chi connectivity index (χ0n) is 14.6. The lowest BCUT2D eigenvalue weighted by Crippen LogP contribution is -2.25. The monoisotopic (exact) mass is 356 g/mol. The number of benzene rings is 2. The van der Waals surface area contributed by atoms with Crippen molar-refractivity contribution in [3.05, 3.63) is 63.7 Å². The van der Waals surface area contributed by atoms with Gasteiger partial charge in [-0.2, -0.15) is 5.10 Å². The Hall–Kier alpha value is -3.42. The van der Waals surface area contributed by atoms with Gasteiger partial charge in [-0.1, -0.05) is 19.1 Å². The van der Waals surface area contributed by atoms with Gasteiger partial charge in [0, 0.05) is 22.9 Å². The molecule has 0 atom stereocenters. The number of nitro benzene ring substituents is 1. The summed E-state index contributed by atoms with van der Waals surface area (Å²) < 4.78 is 5.06. The SMILES string of the molecule is CCc1ccc(/C=N\NC(=O)CNc2ccc(OC)cc2)cc1[N+](=O)[O-]. The highest BCUT2D eigenvalue weighted by Crippen LogP contribution is 2.20. The fourth-order valence-corrected chi connectivity index (χ4v) is 2.24. The number of carbonyl (C=O) groups excluding carboxylic acids is 1. The van der Waals surface area contributed by atoms with Crippen molar-refractivity contribution in [1.82, 2.24) is 5.43 Å². The van der Waals surface area contributed by atoms with Crippen LogP contribution in [0.5, 0.6) is 5.75 Å². The molecule has 0 heterocycles. The molecule has 2 N–H and O–H groups in total. The molecular formula is C18H20N4O4. The highest BCUT2D eigenvalue weighted by atomic mass is 16.6. The van der Waals surface area contributed by atoms with E-state index in [0.717, 1.165) is 11.4 Å². The van der Waals surface area contributed by atoms with Crippen LogP contribution in [-0.4, -0.2) is 30.7 Å². The summed E-state index contributed by atoms with van der Waals surface area (Å²) in [4.78, 5) is 22.4. The van der Waals surface area contributed by atoms with E-state index >= 15 is 0 Å². The molecule has 0 unspecified atom stereocenters. The Bertz CT molecular complexity index is 803. The molecule has 0 fully saturated rings. The van der Waals surface area contributed by atoms with Gasteiger partial charge in [0.05, 0.1) is 24.8 Å². The lowest BCUT2D eigenvalue weighted by atomic mass is 10.1. The number of aryl methyl sites for hydroxylation is 1. The van der Waals surface area contributed by atoms with Crippen molar-refractivity contribution in [3.63, 3.8) is 0 Å².